The number of Topliss-reactive ketones (excluding diaryl/α,β-unsaturated/α-hetero) is 1. The van der Waals surface area contributed by atoms with Crippen molar-refractivity contribution in [2.45, 2.75) is 39.5 Å². The summed E-state index contributed by atoms with van der Waals surface area (Å²) in [5.74, 6) is 0.591. The Bertz CT molecular complexity index is 379. The summed E-state index contributed by atoms with van der Waals surface area (Å²) in [6.07, 6.45) is 2.28. The second kappa shape index (κ2) is 6.84. The normalized spacial score (nSPS) is 10.0. The number of benzene rings is 1. The Morgan fingerprint density at radius 3 is 2.24 bits per heavy atom. The number of esters is 1. The molecule has 3 nitrogen and oxygen atoms in total. The third-order valence-electron chi connectivity index (χ3n) is 2.53. The standard InChI is InChI=1S/C14H18O3/c1-3-12(15)8-5-11-6-9-13(10-7-11)17-14(16)4-2/h6-7,9-10H,3-5,8H2,1-2H3. The minimum Gasteiger partial charge on any atom is -0.427 e. The lowest BCUT2D eigenvalue weighted by Crippen LogP contribution is -2.05. The zero-order chi connectivity index (χ0) is 12.7. The smallest absolute Gasteiger partial charge is 0.310 e. The molecule has 0 aliphatic heterocycles. The number of ketones is 1. The van der Waals surface area contributed by atoms with Gasteiger partial charge in [0, 0.05) is 19.3 Å². The van der Waals surface area contributed by atoms with Crippen LogP contribution in [0.5, 0.6) is 5.75 Å². The summed E-state index contributed by atoms with van der Waals surface area (Å²) in [4.78, 5) is 22.2. The fourth-order valence-corrected chi connectivity index (χ4v) is 1.39. The van der Waals surface area contributed by atoms with Crippen molar-refractivity contribution in [3.8, 4) is 5.75 Å². The molecule has 0 atom stereocenters. The summed E-state index contributed by atoms with van der Waals surface area (Å²) >= 11 is 0. The van der Waals surface area contributed by atoms with E-state index in [1.165, 1.54) is 0 Å². The van der Waals surface area contributed by atoms with Crippen LogP contribution in [0.1, 0.15) is 38.7 Å². The molecular formula is C14H18O3. The molecule has 0 amide bonds. The second-order valence-electron chi connectivity index (χ2n) is 3.86. The van der Waals surface area contributed by atoms with Gasteiger partial charge in [0.1, 0.15) is 11.5 Å². The van der Waals surface area contributed by atoms with Gasteiger partial charge >= 0.3 is 5.97 Å². The maximum atomic E-state index is 11.2. The summed E-state index contributed by atoms with van der Waals surface area (Å²) in [7, 11) is 0. The van der Waals surface area contributed by atoms with Crippen molar-refractivity contribution in [3.05, 3.63) is 29.8 Å². The summed E-state index contributed by atoms with van der Waals surface area (Å²) in [6, 6.07) is 7.31. The minimum atomic E-state index is -0.237. The Hall–Kier alpha value is -1.64. The van der Waals surface area contributed by atoms with E-state index in [9.17, 15) is 9.59 Å². The lowest BCUT2D eigenvalue weighted by atomic mass is 10.1. The molecule has 0 aromatic heterocycles. The Labute approximate surface area is 102 Å². The van der Waals surface area contributed by atoms with Gasteiger partial charge in [-0.05, 0) is 24.1 Å². The molecule has 3 heteroatoms. The number of hydrogen-bond donors (Lipinski definition) is 0. The molecule has 0 N–H and O–H groups in total. The van der Waals surface area contributed by atoms with Gasteiger partial charge in [0.15, 0.2) is 0 Å². The first-order chi connectivity index (χ1) is 8.15. The molecule has 0 spiro atoms. The molecule has 17 heavy (non-hydrogen) atoms. The second-order valence-corrected chi connectivity index (χ2v) is 3.86. The van der Waals surface area contributed by atoms with Crippen molar-refractivity contribution >= 4 is 11.8 Å². The summed E-state index contributed by atoms with van der Waals surface area (Å²) < 4.78 is 5.06. The van der Waals surface area contributed by atoms with Crippen LogP contribution in [0.2, 0.25) is 0 Å². The molecule has 0 aliphatic carbocycles. The summed E-state index contributed by atoms with van der Waals surface area (Å²) in [5, 5.41) is 0. The maximum absolute atomic E-state index is 11.2. The monoisotopic (exact) mass is 234 g/mol. The van der Waals surface area contributed by atoms with Crippen molar-refractivity contribution < 1.29 is 14.3 Å². The van der Waals surface area contributed by atoms with Crippen LogP contribution in [0.25, 0.3) is 0 Å². The van der Waals surface area contributed by atoms with E-state index in [4.69, 9.17) is 4.74 Å². The van der Waals surface area contributed by atoms with Gasteiger partial charge in [0.2, 0.25) is 0 Å². The van der Waals surface area contributed by atoms with Crippen molar-refractivity contribution in [2.24, 2.45) is 0 Å². The predicted octanol–water partition coefficient (Wildman–Crippen LogP) is 2.91. The number of carbonyl (C=O) groups excluding carboxylic acids is 2. The van der Waals surface area contributed by atoms with Crippen LogP contribution in [-0.4, -0.2) is 11.8 Å². The number of aryl methyl sites for hydroxylation is 1. The first-order valence-electron chi connectivity index (χ1n) is 5.97. The summed E-state index contributed by atoms with van der Waals surface area (Å²) in [6.45, 7) is 3.63. The van der Waals surface area contributed by atoms with Crippen LogP contribution in [0.15, 0.2) is 24.3 Å². The molecule has 92 valence electrons. The third kappa shape index (κ3) is 4.81. The van der Waals surface area contributed by atoms with Crippen LogP contribution in [0.3, 0.4) is 0 Å². The summed E-state index contributed by atoms with van der Waals surface area (Å²) in [5.41, 5.74) is 1.09. The van der Waals surface area contributed by atoms with Crippen molar-refractivity contribution in [1.82, 2.24) is 0 Å². The quantitative estimate of drug-likeness (QED) is 0.561. The highest BCUT2D eigenvalue weighted by atomic mass is 16.5. The van der Waals surface area contributed by atoms with Gasteiger partial charge in [0.25, 0.3) is 0 Å². The Morgan fingerprint density at radius 1 is 1.06 bits per heavy atom. The zero-order valence-corrected chi connectivity index (χ0v) is 10.4. The highest BCUT2D eigenvalue weighted by Crippen LogP contribution is 2.14. The third-order valence-corrected chi connectivity index (χ3v) is 2.53. The molecule has 0 fully saturated rings. The number of hydrogen-bond acceptors (Lipinski definition) is 3. The van der Waals surface area contributed by atoms with Gasteiger partial charge < -0.3 is 4.74 Å². The molecule has 1 aromatic carbocycles. The Morgan fingerprint density at radius 2 is 1.71 bits per heavy atom. The van der Waals surface area contributed by atoms with Crippen molar-refractivity contribution in [3.63, 3.8) is 0 Å². The Kier molecular flexibility index (Phi) is 5.40. The molecule has 0 aliphatic rings. The highest BCUT2D eigenvalue weighted by molar-refractivity contribution is 5.78. The van der Waals surface area contributed by atoms with E-state index < -0.39 is 0 Å². The predicted molar refractivity (Wildman–Crippen MR) is 66.0 cm³/mol. The lowest BCUT2D eigenvalue weighted by molar-refractivity contribution is -0.134. The van der Waals surface area contributed by atoms with Gasteiger partial charge in [-0.25, -0.2) is 0 Å². The average Bonchev–Trinajstić information content (AvgIpc) is 2.37. The zero-order valence-electron chi connectivity index (χ0n) is 10.4. The topological polar surface area (TPSA) is 43.4 Å². The minimum absolute atomic E-state index is 0.237. The maximum Gasteiger partial charge on any atom is 0.310 e. The molecular weight excluding hydrogens is 216 g/mol. The fraction of sp³-hybridized carbons (Fsp3) is 0.429. The molecule has 0 saturated carbocycles. The Balaban J connectivity index is 2.50. The van der Waals surface area contributed by atoms with E-state index in [1.54, 1.807) is 19.1 Å². The largest absolute Gasteiger partial charge is 0.427 e. The van der Waals surface area contributed by atoms with Crippen molar-refractivity contribution in [2.75, 3.05) is 0 Å². The molecule has 0 heterocycles. The van der Waals surface area contributed by atoms with Crippen molar-refractivity contribution in [1.29, 1.82) is 0 Å². The van der Waals surface area contributed by atoms with E-state index in [2.05, 4.69) is 0 Å². The van der Waals surface area contributed by atoms with E-state index in [-0.39, 0.29) is 11.8 Å². The number of rotatable bonds is 6. The highest BCUT2D eigenvalue weighted by Gasteiger charge is 2.03. The van der Waals surface area contributed by atoms with Gasteiger partial charge in [0.05, 0.1) is 0 Å². The van der Waals surface area contributed by atoms with Gasteiger partial charge in [-0.3, -0.25) is 9.59 Å². The first kappa shape index (κ1) is 13.4. The van der Waals surface area contributed by atoms with Crippen LogP contribution >= 0.6 is 0 Å². The van der Waals surface area contributed by atoms with Crippen LogP contribution in [-0.2, 0) is 16.0 Å². The van der Waals surface area contributed by atoms with Crippen LogP contribution < -0.4 is 4.74 Å². The number of carbonyl (C=O) groups is 2. The molecule has 0 bridgehead atoms. The first-order valence-corrected chi connectivity index (χ1v) is 5.97. The fourth-order valence-electron chi connectivity index (χ4n) is 1.39. The van der Waals surface area contributed by atoms with Crippen LogP contribution in [0.4, 0.5) is 0 Å². The molecule has 0 unspecified atom stereocenters. The average molecular weight is 234 g/mol. The van der Waals surface area contributed by atoms with Crippen LogP contribution in [0, 0.1) is 0 Å². The van der Waals surface area contributed by atoms with E-state index in [0.717, 1.165) is 12.0 Å². The number of ether oxygens (including phenoxy) is 1. The van der Waals surface area contributed by atoms with E-state index >= 15 is 0 Å². The van der Waals surface area contributed by atoms with Gasteiger partial charge in [-0.15, -0.1) is 0 Å². The van der Waals surface area contributed by atoms with E-state index in [1.807, 2.05) is 19.1 Å². The van der Waals surface area contributed by atoms with E-state index in [0.29, 0.717) is 25.0 Å². The molecule has 1 aromatic rings. The molecule has 0 radical (unpaired) electrons. The molecule has 1 rings (SSSR count). The van der Waals surface area contributed by atoms with Gasteiger partial charge in [-0.2, -0.15) is 0 Å². The SMILES string of the molecule is CCC(=O)CCc1ccc(OC(=O)CC)cc1. The van der Waals surface area contributed by atoms with Gasteiger partial charge in [-0.1, -0.05) is 26.0 Å². The molecule has 0 saturated heterocycles. The lowest BCUT2D eigenvalue weighted by Gasteiger charge is -2.04.